The maximum absolute atomic E-state index is 8.96. The zero-order valence-corrected chi connectivity index (χ0v) is 11.8. The van der Waals surface area contributed by atoms with Gasteiger partial charge in [0.25, 0.3) is 0 Å². The molecule has 21 heavy (non-hydrogen) atoms. The Morgan fingerprint density at radius 3 is 2.90 bits per heavy atom. The molecule has 2 aromatic rings. The molecule has 2 N–H and O–H groups in total. The predicted molar refractivity (Wildman–Crippen MR) is 76.4 cm³/mol. The molecule has 0 unspecified atom stereocenters. The van der Waals surface area contributed by atoms with E-state index in [0.29, 0.717) is 36.6 Å². The lowest BCUT2D eigenvalue weighted by molar-refractivity contribution is -0.0287. The molecule has 0 bridgehead atoms. The number of ether oxygens (including phenoxy) is 1. The molecule has 2 aromatic heterocycles. The molecule has 1 saturated heterocycles. The molecule has 8 nitrogen and oxygen atoms in total. The highest BCUT2D eigenvalue weighted by molar-refractivity contribution is 5.59. The van der Waals surface area contributed by atoms with Crippen molar-refractivity contribution < 1.29 is 4.74 Å². The molecule has 0 amide bonds. The number of aromatic nitrogens is 4. The summed E-state index contributed by atoms with van der Waals surface area (Å²) >= 11 is 0. The first-order chi connectivity index (χ1) is 10.2. The van der Waals surface area contributed by atoms with Crippen LogP contribution in [0.3, 0.4) is 0 Å². The van der Waals surface area contributed by atoms with Crippen LogP contribution in [0.2, 0.25) is 0 Å². The summed E-state index contributed by atoms with van der Waals surface area (Å²) in [7, 11) is 1.72. The molecule has 0 radical (unpaired) electrons. The fraction of sp³-hybridized carbons (Fsp3) is 0.385. The molecule has 108 valence electrons. The number of hydrogen-bond acceptors (Lipinski definition) is 7. The maximum atomic E-state index is 8.96. The normalized spacial score (nSPS) is 14.3. The van der Waals surface area contributed by atoms with E-state index in [1.807, 2.05) is 23.9 Å². The van der Waals surface area contributed by atoms with E-state index in [1.54, 1.807) is 7.05 Å². The highest BCUT2D eigenvalue weighted by atomic mass is 16.5. The summed E-state index contributed by atoms with van der Waals surface area (Å²) < 4.78 is 7.06. The van der Waals surface area contributed by atoms with Crippen LogP contribution in [-0.2, 0) is 4.74 Å². The number of nitrogens with zero attached hydrogens (tertiary/aromatic N) is 5. The van der Waals surface area contributed by atoms with Crippen LogP contribution in [0.25, 0.3) is 0 Å². The van der Waals surface area contributed by atoms with Gasteiger partial charge in [-0.15, -0.1) is 0 Å². The second-order valence-electron chi connectivity index (χ2n) is 4.74. The largest absolute Gasteiger partial charge is 0.377 e. The lowest BCUT2D eigenvalue weighted by Gasteiger charge is -2.25. The summed E-state index contributed by atoms with van der Waals surface area (Å²) in [5.74, 6) is 0.915. The van der Waals surface area contributed by atoms with Gasteiger partial charge < -0.3 is 15.4 Å². The van der Waals surface area contributed by atoms with Crippen LogP contribution in [0.1, 0.15) is 17.3 Å². The van der Waals surface area contributed by atoms with E-state index in [9.17, 15) is 0 Å². The average molecular weight is 285 g/mol. The summed E-state index contributed by atoms with van der Waals surface area (Å²) in [5.41, 5.74) is 2.11. The van der Waals surface area contributed by atoms with Gasteiger partial charge in [-0.2, -0.15) is 15.3 Å². The lowest BCUT2D eigenvalue weighted by atomic mass is 10.3. The Morgan fingerprint density at radius 2 is 2.29 bits per heavy atom. The van der Waals surface area contributed by atoms with Crippen molar-refractivity contribution in [1.29, 1.82) is 5.26 Å². The molecule has 0 aliphatic carbocycles. The van der Waals surface area contributed by atoms with Crippen LogP contribution in [0, 0.1) is 18.3 Å². The third-order valence-corrected chi connectivity index (χ3v) is 3.30. The van der Waals surface area contributed by atoms with Gasteiger partial charge in [-0.3, -0.25) is 4.68 Å². The highest BCUT2D eigenvalue weighted by Gasteiger charge is 2.22. The van der Waals surface area contributed by atoms with Gasteiger partial charge >= 0.3 is 0 Å². The molecular weight excluding hydrogens is 270 g/mol. The third-order valence-electron chi connectivity index (χ3n) is 3.30. The van der Waals surface area contributed by atoms with Crippen molar-refractivity contribution in [1.82, 2.24) is 19.7 Å². The van der Waals surface area contributed by atoms with E-state index in [1.165, 1.54) is 6.20 Å². The summed E-state index contributed by atoms with van der Waals surface area (Å²) in [6.07, 6.45) is 3.41. The zero-order chi connectivity index (χ0) is 14.8. The third kappa shape index (κ3) is 2.51. The predicted octanol–water partition coefficient (Wildman–Crippen LogP) is 1.21. The van der Waals surface area contributed by atoms with Crippen LogP contribution in [0.15, 0.2) is 12.4 Å². The Bertz CT molecular complexity index is 699. The van der Waals surface area contributed by atoms with Crippen LogP contribution in [0.4, 0.5) is 17.5 Å². The van der Waals surface area contributed by atoms with E-state index in [2.05, 4.69) is 25.7 Å². The van der Waals surface area contributed by atoms with Crippen molar-refractivity contribution in [3.05, 3.63) is 23.7 Å². The Hall–Kier alpha value is -2.66. The molecule has 3 rings (SSSR count). The quantitative estimate of drug-likeness (QED) is 0.870. The SMILES string of the molecule is CNc1nc(Nc2cn(C3COC3)nc2C)ncc1C#N. The number of nitrogens with one attached hydrogen (secondary N) is 2. The minimum Gasteiger partial charge on any atom is -0.377 e. The van der Waals surface area contributed by atoms with Crippen molar-refractivity contribution in [2.45, 2.75) is 13.0 Å². The summed E-state index contributed by atoms with van der Waals surface area (Å²) in [4.78, 5) is 8.41. The van der Waals surface area contributed by atoms with Gasteiger partial charge in [-0.05, 0) is 6.92 Å². The Balaban J connectivity index is 1.83. The Kier molecular flexibility index (Phi) is 3.41. The number of aryl methyl sites for hydroxylation is 1. The summed E-state index contributed by atoms with van der Waals surface area (Å²) in [6.45, 7) is 3.30. The topological polar surface area (TPSA) is 101 Å². The van der Waals surface area contributed by atoms with E-state index in [4.69, 9.17) is 10.00 Å². The van der Waals surface area contributed by atoms with Crippen molar-refractivity contribution in [3.8, 4) is 6.07 Å². The minimum absolute atomic E-state index is 0.300. The molecule has 3 heterocycles. The smallest absolute Gasteiger partial charge is 0.229 e. The van der Waals surface area contributed by atoms with Gasteiger partial charge in [0.15, 0.2) is 0 Å². The number of hydrogen-bond donors (Lipinski definition) is 2. The van der Waals surface area contributed by atoms with Crippen LogP contribution in [-0.4, -0.2) is 40.0 Å². The van der Waals surface area contributed by atoms with Crippen LogP contribution in [0.5, 0.6) is 0 Å². The fourth-order valence-corrected chi connectivity index (χ4v) is 2.00. The average Bonchev–Trinajstić information content (AvgIpc) is 2.77. The van der Waals surface area contributed by atoms with Crippen molar-refractivity contribution in [2.75, 3.05) is 30.9 Å². The first-order valence-corrected chi connectivity index (χ1v) is 6.56. The zero-order valence-electron chi connectivity index (χ0n) is 11.8. The van der Waals surface area contributed by atoms with E-state index in [0.717, 1.165) is 11.4 Å². The van der Waals surface area contributed by atoms with E-state index in [-0.39, 0.29) is 0 Å². The van der Waals surface area contributed by atoms with Crippen molar-refractivity contribution in [2.24, 2.45) is 0 Å². The Morgan fingerprint density at radius 1 is 1.48 bits per heavy atom. The fourth-order valence-electron chi connectivity index (χ4n) is 2.00. The van der Waals surface area contributed by atoms with Crippen LogP contribution < -0.4 is 10.6 Å². The van der Waals surface area contributed by atoms with Gasteiger partial charge in [0.1, 0.15) is 17.5 Å². The molecule has 1 aliphatic rings. The number of rotatable bonds is 4. The number of nitriles is 1. The van der Waals surface area contributed by atoms with Gasteiger partial charge in [0, 0.05) is 13.2 Å². The van der Waals surface area contributed by atoms with Gasteiger partial charge in [-0.25, -0.2) is 4.98 Å². The van der Waals surface area contributed by atoms with Gasteiger partial charge in [0.05, 0.1) is 36.8 Å². The molecule has 0 spiro atoms. The molecule has 1 aliphatic heterocycles. The standard InChI is InChI=1S/C13H15N7O/c1-8-11(5-20(19-8)10-6-21-7-10)17-13-16-4-9(3-14)12(15-2)18-13/h4-5,10H,6-7H2,1-2H3,(H2,15,16,17,18). The van der Waals surface area contributed by atoms with E-state index < -0.39 is 0 Å². The first kappa shape index (κ1) is 13.3. The lowest BCUT2D eigenvalue weighted by Crippen LogP contribution is -2.30. The second kappa shape index (κ2) is 5.38. The first-order valence-electron chi connectivity index (χ1n) is 6.56. The summed E-state index contributed by atoms with van der Waals surface area (Å²) in [5, 5.41) is 19.4. The molecule has 0 atom stereocenters. The molecular formula is C13H15N7O. The van der Waals surface area contributed by atoms with Crippen molar-refractivity contribution in [3.63, 3.8) is 0 Å². The van der Waals surface area contributed by atoms with E-state index >= 15 is 0 Å². The van der Waals surface area contributed by atoms with Gasteiger partial charge in [-0.1, -0.05) is 0 Å². The Labute approximate surface area is 121 Å². The molecule has 1 fully saturated rings. The number of anilines is 3. The monoisotopic (exact) mass is 285 g/mol. The van der Waals surface area contributed by atoms with Crippen LogP contribution >= 0.6 is 0 Å². The van der Waals surface area contributed by atoms with Crippen molar-refractivity contribution >= 4 is 17.5 Å². The highest BCUT2D eigenvalue weighted by Crippen LogP contribution is 2.23. The van der Waals surface area contributed by atoms with Gasteiger partial charge in [0.2, 0.25) is 5.95 Å². The second-order valence-corrected chi connectivity index (χ2v) is 4.74. The molecule has 0 saturated carbocycles. The summed E-state index contributed by atoms with van der Waals surface area (Å²) in [6, 6.07) is 2.34. The molecule has 0 aromatic carbocycles. The maximum Gasteiger partial charge on any atom is 0.229 e. The molecule has 8 heteroatoms. The minimum atomic E-state index is 0.300.